The molecule has 3 nitrogen and oxygen atoms in total. The van der Waals surface area contributed by atoms with Crippen molar-refractivity contribution in [3.63, 3.8) is 0 Å². The Morgan fingerprint density at radius 2 is 1.77 bits per heavy atom. The van der Waals surface area contributed by atoms with Crippen LogP contribution in [0, 0.1) is 0 Å². The smallest absolute Gasteiger partial charge is 0.227 e. The Labute approximate surface area is 136 Å². The van der Waals surface area contributed by atoms with Gasteiger partial charge in [0.1, 0.15) is 0 Å². The van der Waals surface area contributed by atoms with Crippen molar-refractivity contribution < 1.29 is 4.79 Å². The molecular formula is C18H21ClN2O. The number of nitrogens with two attached hydrogens (primary N) is 1. The van der Waals surface area contributed by atoms with Gasteiger partial charge in [0.25, 0.3) is 0 Å². The van der Waals surface area contributed by atoms with Gasteiger partial charge < -0.3 is 10.6 Å². The first-order valence-corrected chi connectivity index (χ1v) is 7.83. The molecule has 2 rings (SSSR count). The van der Waals surface area contributed by atoms with E-state index in [1.165, 1.54) is 0 Å². The Morgan fingerprint density at radius 1 is 1.05 bits per heavy atom. The van der Waals surface area contributed by atoms with Crippen LogP contribution in [0.1, 0.15) is 17.5 Å². The van der Waals surface area contributed by atoms with Crippen LogP contribution in [-0.2, 0) is 17.8 Å². The van der Waals surface area contributed by atoms with Crippen molar-refractivity contribution in [3.8, 4) is 0 Å². The largest absolute Gasteiger partial charge is 0.338 e. The van der Waals surface area contributed by atoms with E-state index in [2.05, 4.69) is 0 Å². The second kappa shape index (κ2) is 8.57. The molecule has 0 aliphatic carbocycles. The normalized spacial score (nSPS) is 10.5. The van der Waals surface area contributed by atoms with E-state index >= 15 is 0 Å². The van der Waals surface area contributed by atoms with E-state index in [-0.39, 0.29) is 5.91 Å². The molecule has 0 aromatic heterocycles. The number of amides is 1. The quantitative estimate of drug-likeness (QED) is 0.852. The molecule has 0 bridgehead atoms. The summed E-state index contributed by atoms with van der Waals surface area (Å²) in [6, 6.07) is 17.4. The maximum absolute atomic E-state index is 12.6. The lowest BCUT2D eigenvalue weighted by Gasteiger charge is -2.23. The molecule has 0 fully saturated rings. The maximum atomic E-state index is 12.6. The average molecular weight is 317 g/mol. The van der Waals surface area contributed by atoms with Crippen molar-refractivity contribution in [1.29, 1.82) is 0 Å². The molecule has 0 saturated heterocycles. The zero-order valence-electron chi connectivity index (χ0n) is 12.5. The SMILES string of the molecule is NCCCN(Cc1ccccc1)C(=O)Cc1cccc(Cl)c1. The minimum Gasteiger partial charge on any atom is -0.338 e. The van der Waals surface area contributed by atoms with Gasteiger partial charge in [0.15, 0.2) is 0 Å². The lowest BCUT2D eigenvalue weighted by atomic mass is 10.1. The second-order valence-electron chi connectivity index (χ2n) is 5.25. The molecule has 0 saturated carbocycles. The van der Waals surface area contributed by atoms with E-state index in [0.29, 0.717) is 31.1 Å². The fraction of sp³-hybridized carbons (Fsp3) is 0.278. The predicted octanol–water partition coefficient (Wildman–Crippen LogP) is 3.26. The Hall–Kier alpha value is -1.84. The molecule has 2 N–H and O–H groups in total. The standard InChI is InChI=1S/C18H21ClN2O/c19-17-9-4-8-16(12-17)13-18(22)21(11-5-10-20)14-15-6-2-1-3-7-15/h1-4,6-9,12H,5,10-11,13-14,20H2. The van der Waals surface area contributed by atoms with Crippen LogP contribution in [0.15, 0.2) is 54.6 Å². The third kappa shape index (κ3) is 5.17. The van der Waals surface area contributed by atoms with E-state index in [1.54, 1.807) is 0 Å². The van der Waals surface area contributed by atoms with Crippen molar-refractivity contribution in [1.82, 2.24) is 4.90 Å². The molecule has 0 aliphatic rings. The molecule has 0 heterocycles. The van der Waals surface area contributed by atoms with Crippen LogP contribution in [0.4, 0.5) is 0 Å². The molecule has 0 spiro atoms. The molecule has 0 unspecified atom stereocenters. The van der Waals surface area contributed by atoms with Crippen LogP contribution in [-0.4, -0.2) is 23.9 Å². The molecule has 1 amide bonds. The zero-order chi connectivity index (χ0) is 15.8. The van der Waals surface area contributed by atoms with Gasteiger partial charge in [0.2, 0.25) is 5.91 Å². The highest BCUT2D eigenvalue weighted by Crippen LogP contribution is 2.13. The van der Waals surface area contributed by atoms with Crippen LogP contribution in [0.2, 0.25) is 5.02 Å². The number of carbonyl (C=O) groups is 1. The van der Waals surface area contributed by atoms with Crippen molar-refractivity contribution in [3.05, 3.63) is 70.7 Å². The van der Waals surface area contributed by atoms with Crippen LogP contribution in [0.25, 0.3) is 0 Å². The Bertz CT molecular complexity index is 601. The Balaban J connectivity index is 2.05. The van der Waals surface area contributed by atoms with E-state index in [9.17, 15) is 4.79 Å². The summed E-state index contributed by atoms with van der Waals surface area (Å²) in [6.07, 6.45) is 1.16. The monoisotopic (exact) mass is 316 g/mol. The van der Waals surface area contributed by atoms with Gasteiger partial charge in [0, 0.05) is 18.1 Å². The minimum absolute atomic E-state index is 0.0968. The lowest BCUT2D eigenvalue weighted by molar-refractivity contribution is -0.131. The molecular weight excluding hydrogens is 296 g/mol. The first-order chi connectivity index (χ1) is 10.7. The summed E-state index contributed by atoms with van der Waals surface area (Å²) in [7, 11) is 0. The molecule has 22 heavy (non-hydrogen) atoms. The van der Waals surface area contributed by atoms with Crippen LogP contribution in [0.5, 0.6) is 0 Å². The van der Waals surface area contributed by atoms with Gasteiger partial charge in [-0.1, -0.05) is 54.1 Å². The highest BCUT2D eigenvalue weighted by Gasteiger charge is 2.14. The molecule has 2 aromatic carbocycles. The number of hydrogen-bond acceptors (Lipinski definition) is 2. The number of carbonyl (C=O) groups excluding carboxylic acids is 1. The molecule has 4 heteroatoms. The van der Waals surface area contributed by atoms with Crippen LogP contribution >= 0.6 is 11.6 Å². The molecule has 0 aliphatic heterocycles. The van der Waals surface area contributed by atoms with Crippen LogP contribution in [0.3, 0.4) is 0 Å². The summed E-state index contributed by atoms with van der Waals surface area (Å²) in [5.41, 5.74) is 7.65. The summed E-state index contributed by atoms with van der Waals surface area (Å²) < 4.78 is 0. The lowest BCUT2D eigenvalue weighted by Crippen LogP contribution is -2.33. The van der Waals surface area contributed by atoms with Crippen molar-refractivity contribution in [2.24, 2.45) is 5.73 Å². The summed E-state index contributed by atoms with van der Waals surface area (Å²) in [4.78, 5) is 14.4. The van der Waals surface area contributed by atoms with E-state index in [0.717, 1.165) is 17.5 Å². The van der Waals surface area contributed by atoms with Crippen molar-refractivity contribution >= 4 is 17.5 Å². The molecule has 116 valence electrons. The van der Waals surface area contributed by atoms with E-state index in [4.69, 9.17) is 17.3 Å². The Morgan fingerprint density at radius 3 is 2.45 bits per heavy atom. The summed E-state index contributed by atoms with van der Waals surface area (Å²) >= 11 is 5.98. The molecule has 2 aromatic rings. The summed E-state index contributed by atoms with van der Waals surface area (Å²) in [6.45, 7) is 1.86. The summed E-state index contributed by atoms with van der Waals surface area (Å²) in [5, 5.41) is 0.655. The van der Waals surface area contributed by atoms with Gasteiger partial charge >= 0.3 is 0 Å². The molecule has 0 atom stereocenters. The minimum atomic E-state index is 0.0968. The third-order valence-electron chi connectivity index (χ3n) is 3.45. The number of benzene rings is 2. The number of nitrogens with zero attached hydrogens (tertiary/aromatic N) is 1. The first kappa shape index (κ1) is 16.5. The highest BCUT2D eigenvalue weighted by molar-refractivity contribution is 6.30. The fourth-order valence-corrected chi connectivity index (χ4v) is 2.52. The topological polar surface area (TPSA) is 46.3 Å². The Kier molecular flexibility index (Phi) is 6.44. The van der Waals surface area contributed by atoms with Gasteiger partial charge in [-0.05, 0) is 36.2 Å². The number of halogens is 1. The van der Waals surface area contributed by atoms with E-state index < -0.39 is 0 Å². The predicted molar refractivity (Wildman–Crippen MR) is 90.7 cm³/mol. The van der Waals surface area contributed by atoms with Crippen molar-refractivity contribution in [2.45, 2.75) is 19.4 Å². The van der Waals surface area contributed by atoms with Crippen molar-refractivity contribution in [2.75, 3.05) is 13.1 Å². The van der Waals surface area contributed by atoms with Gasteiger partial charge in [-0.15, -0.1) is 0 Å². The number of rotatable bonds is 7. The average Bonchev–Trinajstić information content (AvgIpc) is 2.52. The second-order valence-corrected chi connectivity index (χ2v) is 5.69. The highest BCUT2D eigenvalue weighted by atomic mass is 35.5. The van der Waals surface area contributed by atoms with Gasteiger partial charge in [-0.2, -0.15) is 0 Å². The number of hydrogen-bond donors (Lipinski definition) is 1. The van der Waals surface area contributed by atoms with Gasteiger partial charge in [-0.25, -0.2) is 0 Å². The summed E-state index contributed by atoms with van der Waals surface area (Å²) in [5.74, 6) is 0.0968. The van der Waals surface area contributed by atoms with Gasteiger partial charge in [0.05, 0.1) is 6.42 Å². The molecule has 0 radical (unpaired) electrons. The third-order valence-corrected chi connectivity index (χ3v) is 3.68. The van der Waals surface area contributed by atoms with Crippen LogP contribution < -0.4 is 5.73 Å². The van der Waals surface area contributed by atoms with Gasteiger partial charge in [-0.3, -0.25) is 4.79 Å². The maximum Gasteiger partial charge on any atom is 0.227 e. The zero-order valence-corrected chi connectivity index (χ0v) is 13.3. The van der Waals surface area contributed by atoms with E-state index in [1.807, 2.05) is 59.5 Å². The fourth-order valence-electron chi connectivity index (χ4n) is 2.31. The first-order valence-electron chi connectivity index (χ1n) is 7.45.